The van der Waals surface area contributed by atoms with Gasteiger partial charge in [-0.15, -0.1) is 0 Å². The van der Waals surface area contributed by atoms with E-state index in [1.54, 1.807) is 33.3 Å². The van der Waals surface area contributed by atoms with Crippen LogP contribution in [0, 0.1) is 17.0 Å². The fourth-order valence-electron chi connectivity index (χ4n) is 3.45. The highest BCUT2D eigenvalue weighted by molar-refractivity contribution is 5.98. The van der Waals surface area contributed by atoms with Gasteiger partial charge in [0.1, 0.15) is 0 Å². The van der Waals surface area contributed by atoms with Gasteiger partial charge in [0.15, 0.2) is 23.0 Å². The van der Waals surface area contributed by atoms with Crippen molar-refractivity contribution in [1.82, 2.24) is 4.98 Å². The minimum Gasteiger partial charge on any atom is -0.493 e. The fourth-order valence-corrected chi connectivity index (χ4v) is 3.45. The molecule has 0 atom stereocenters. The first-order valence-electron chi connectivity index (χ1n) is 9.59. The summed E-state index contributed by atoms with van der Waals surface area (Å²) in [5.41, 5.74) is 1.54. The minimum absolute atomic E-state index is 0.103. The van der Waals surface area contributed by atoms with Crippen molar-refractivity contribution in [3.63, 3.8) is 0 Å². The van der Waals surface area contributed by atoms with Crippen LogP contribution in [0.5, 0.6) is 23.0 Å². The number of fused-ring (bicyclic) bond motifs is 1. The molecule has 1 aromatic heterocycles. The van der Waals surface area contributed by atoms with Crippen LogP contribution in [0.15, 0.2) is 30.3 Å². The zero-order valence-corrected chi connectivity index (χ0v) is 18.1. The maximum atomic E-state index is 11.9. The van der Waals surface area contributed by atoms with Gasteiger partial charge in [-0.3, -0.25) is 10.1 Å². The maximum Gasteiger partial charge on any atom is 0.319 e. The molecule has 3 aromatic rings. The molecule has 0 fully saturated rings. The van der Waals surface area contributed by atoms with E-state index in [0.717, 1.165) is 5.56 Å². The third-order valence-electron chi connectivity index (χ3n) is 5.01. The molecule has 0 aliphatic rings. The van der Waals surface area contributed by atoms with Crippen molar-refractivity contribution >= 4 is 22.3 Å². The number of nitrogens with zero attached hydrogens (tertiary/aromatic N) is 2. The van der Waals surface area contributed by atoms with Crippen molar-refractivity contribution in [3.05, 3.63) is 51.7 Å². The summed E-state index contributed by atoms with van der Waals surface area (Å²) in [5, 5.41) is 16.1. The molecule has 0 spiro atoms. The molecule has 0 aliphatic carbocycles. The Morgan fingerprint density at radius 2 is 1.48 bits per heavy atom. The SMILES string of the molecule is COc1ccc(CCNc2nc(C)c3cc(OC)c(OC)cc3c2[N+](=O)[O-])cc1OC. The monoisotopic (exact) mass is 427 g/mol. The van der Waals surface area contributed by atoms with E-state index in [-0.39, 0.29) is 11.5 Å². The topological polar surface area (TPSA) is 105 Å². The van der Waals surface area contributed by atoms with Crippen molar-refractivity contribution in [1.29, 1.82) is 0 Å². The molecule has 0 saturated heterocycles. The van der Waals surface area contributed by atoms with E-state index in [0.29, 0.717) is 52.4 Å². The average Bonchev–Trinajstić information content (AvgIpc) is 2.77. The Morgan fingerprint density at radius 3 is 2.06 bits per heavy atom. The molecular formula is C22H25N3O6. The van der Waals surface area contributed by atoms with Crippen LogP contribution in [0.3, 0.4) is 0 Å². The van der Waals surface area contributed by atoms with Crippen molar-refractivity contribution < 1.29 is 23.9 Å². The first-order valence-corrected chi connectivity index (χ1v) is 9.59. The van der Waals surface area contributed by atoms with Crippen LogP contribution < -0.4 is 24.3 Å². The lowest BCUT2D eigenvalue weighted by Crippen LogP contribution is -2.10. The molecule has 2 aromatic carbocycles. The van der Waals surface area contributed by atoms with Crippen LogP contribution in [-0.4, -0.2) is 44.9 Å². The quantitative estimate of drug-likeness (QED) is 0.401. The number of pyridine rings is 1. The largest absolute Gasteiger partial charge is 0.493 e. The van der Waals surface area contributed by atoms with E-state index in [1.807, 2.05) is 18.2 Å². The molecule has 3 rings (SSSR count). The number of aryl methyl sites for hydroxylation is 1. The van der Waals surface area contributed by atoms with Crippen molar-refractivity contribution in [2.24, 2.45) is 0 Å². The molecule has 9 nitrogen and oxygen atoms in total. The van der Waals surface area contributed by atoms with Crippen molar-refractivity contribution in [3.8, 4) is 23.0 Å². The van der Waals surface area contributed by atoms with Crippen LogP contribution in [0.4, 0.5) is 11.5 Å². The number of aromatic nitrogens is 1. The number of hydrogen-bond acceptors (Lipinski definition) is 8. The number of methoxy groups -OCH3 is 4. The van der Waals surface area contributed by atoms with Gasteiger partial charge in [0.05, 0.1) is 38.7 Å². The van der Waals surface area contributed by atoms with Gasteiger partial charge < -0.3 is 24.3 Å². The number of ether oxygens (including phenoxy) is 4. The second-order valence-corrected chi connectivity index (χ2v) is 6.77. The summed E-state index contributed by atoms with van der Waals surface area (Å²) >= 11 is 0. The van der Waals surface area contributed by atoms with E-state index < -0.39 is 4.92 Å². The molecule has 164 valence electrons. The zero-order valence-electron chi connectivity index (χ0n) is 18.1. The molecular weight excluding hydrogens is 402 g/mol. The minimum atomic E-state index is -0.431. The third-order valence-corrected chi connectivity index (χ3v) is 5.01. The Labute approximate surface area is 180 Å². The Balaban J connectivity index is 1.93. The van der Waals surface area contributed by atoms with E-state index in [2.05, 4.69) is 10.3 Å². The Bertz CT molecular complexity index is 1120. The highest BCUT2D eigenvalue weighted by atomic mass is 16.6. The highest BCUT2D eigenvalue weighted by Gasteiger charge is 2.24. The first kappa shape index (κ1) is 21.9. The zero-order chi connectivity index (χ0) is 22.5. The maximum absolute atomic E-state index is 11.9. The molecule has 1 N–H and O–H groups in total. The van der Waals surface area contributed by atoms with Gasteiger partial charge in [0.25, 0.3) is 0 Å². The van der Waals surface area contributed by atoms with Gasteiger partial charge in [-0.1, -0.05) is 6.07 Å². The standard InChI is InChI=1S/C22H25N3O6/c1-13-15-11-19(30-4)20(31-5)12-16(15)21(25(26)27)22(24-13)23-9-8-14-6-7-17(28-2)18(10-14)29-3/h6-7,10-12H,8-9H2,1-5H3,(H,23,24). The number of rotatable bonds is 9. The van der Waals surface area contributed by atoms with Gasteiger partial charge >= 0.3 is 5.69 Å². The molecule has 0 bridgehead atoms. The van der Waals surface area contributed by atoms with Gasteiger partial charge in [-0.2, -0.15) is 0 Å². The molecule has 1 heterocycles. The Kier molecular flexibility index (Phi) is 6.64. The molecule has 0 aliphatic heterocycles. The first-order chi connectivity index (χ1) is 14.9. The fraction of sp³-hybridized carbons (Fsp3) is 0.318. The number of nitrogens with one attached hydrogen (secondary N) is 1. The number of hydrogen-bond donors (Lipinski definition) is 1. The highest BCUT2D eigenvalue weighted by Crippen LogP contribution is 2.40. The van der Waals surface area contributed by atoms with Gasteiger partial charge in [-0.05, 0) is 43.2 Å². The molecule has 0 radical (unpaired) electrons. The van der Waals surface area contributed by atoms with E-state index >= 15 is 0 Å². The summed E-state index contributed by atoms with van der Waals surface area (Å²) in [4.78, 5) is 15.9. The lowest BCUT2D eigenvalue weighted by Gasteiger charge is -2.14. The van der Waals surface area contributed by atoms with Gasteiger partial charge in [0.2, 0.25) is 5.82 Å². The van der Waals surface area contributed by atoms with E-state index in [4.69, 9.17) is 18.9 Å². The summed E-state index contributed by atoms with van der Waals surface area (Å²) in [6.07, 6.45) is 0.613. The summed E-state index contributed by atoms with van der Waals surface area (Å²) < 4.78 is 21.2. The number of nitro groups is 1. The number of benzene rings is 2. The Morgan fingerprint density at radius 1 is 0.903 bits per heavy atom. The van der Waals surface area contributed by atoms with E-state index in [9.17, 15) is 10.1 Å². The predicted molar refractivity (Wildman–Crippen MR) is 118 cm³/mol. The van der Waals surface area contributed by atoms with Gasteiger partial charge in [0, 0.05) is 17.6 Å². The van der Waals surface area contributed by atoms with Crippen molar-refractivity contribution in [2.45, 2.75) is 13.3 Å². The summed E-state index contributed by atoms with van der Waals surface area (Å²) in [5.74, 6) is 2.39. The summed E-state index contributed by atoms with van der Waals surface area (Å²) in [7, 11) is 6.17. The molecule has 31 heavy (non-hydrogen) atoms. The van der Waals surface area contributed by atoms with Crippen LogP contribution >= 0.6 is 0 Å². The van der Waals surface area contributed by atoms with Crippen molar-refractivity contribution in [2.75, 3.05) is 40.3 Å². The third kappa shape index (κ3) is 4.40. The predicted octanol–water partition coefficient (Wildman–Crippen LogP) is 4.14. The van der Waals surface area contributed by atoms with Crippen LogP contribution in [-0.2, 0) is 6.42 Å². The summed E-state index contributed by atoms with van der Waals surface area (Å²) in [6, 6.07) is 8.95. The smallest absolute Gasteiger partial charge is 0.319 e. The second kappa shape index (κ2) is 9.38. The summed E-state index contributed by atoms with van der Waals surface area (Å²) in [6.45, 7) is 2.25. The Hall–Kier alpha value is -3.75. The lowest BCUT2D eigenvalue weighted by molar-refractivity contribution is -0.382. The van der Waals surface area contributed by atoms with E-state index in [1.165, 1.54) is 14.2 Å². The molecule has 0 amide bonds. The molecule has 9 heteroatoms. The molecule has 0 saturated carbocycles. The molecule has 0 unspecified atom stereocenters. The lowest BCUT2D eigenvalue weighted by atomic mass is 10.1. The van der Waals surface area contributed by atoms with Crippen LogP contribution in [0.2, 0.25) is 0 Å². The second-order valence-electron chi connectivity index (χ2n) is 6.77. The van der Waals surface area contributed by atoms with Gasteiger partial charge in [-0.25, -0.2) is 4.98 Å². The normalized spacial score (nSPS) is 10.6. The van der Waals surface area contributed by atoms with Crippen LogP contribution in [0.1, 0.15) is 11.3 Å². The number of anilines is 1. The van der Waals surface area contributed by atoms with Crippen LogP contribution in [0.25, 0.3) is 10.8 Å². The average molecular weight is 427 g/mol.